The predicted octanol–water partition coefficient (Wildman–Crippen LogP) is 2.37. The number of hydrogen-bond acceptors (Lipinski definition) is 7. The van der Waals surface area contributed by atoms with Crippen molar-refractivity contribution >= 4 is 41.5 Å². The molecule has 1 aromatic heterocycles. The van der Waals surface area contributed by atoms with E-state index in [0.717, 1.165) is 4.90 Å². The number of pyridine rings is 1. The summed E-state index contributed by atoms with van der Waals surface area (Å²) in [5, 5.41) is 5.35. The highest BCUT2D eigenvalue weighted by Gasteiger charge is 2.33. The average Bonchev–Trinajstić information content (AvgIpc) is 2.93. The number of hydrogen-bond donors (Lipinski definition) is 2. The Morgan fingerprint density at radius 2 is 2.22 bits per heavy atom. The number of nitrogens with zero attached hydrogens (tertiary/aromatic N) is 2. The second kappa shape index (κ2) is 7.63. The SMILES string of the molecule is CC(C)(C)OC(=O)NCCC1CN(c2ccc3c(n2)NC(=O)CS3)C(=O)O1. The second-order valence-corrected chi connectivity index (χ2v) is 8.20. The van der Waals surface area contributed by atoms with Gasteiger partial charge >= 0.3 is 12.2 Å². The van der Waals surface area contributed by atoms with E-state index in [9.17, 15) is 14.4 Å². The zero-order valence-electron chi connectivity index (χ0n) is 15.4. The van der Waals surface area contributed by atoms with Gasteiger partial charge in [0.05, 0.1) is 17.2 Å². The predicted molar refractivity (Wildman–Crippen MR) is 100 cm³/mol. The lowest BCUT2D eigenvalue weighted by molar-refractivity contribution is -0.113. The second-order valence-electron chi connectivity index (χ2n) is 7.19. The number of carbonyl (C=O) groups is 3. The number of ether oxygens (including phenoxy) is 2. The normalized spacial score (nSPS) is 19.2. The first-order valence-electron chi connectivity index (χ1n) is 8.60. The highest BCUT2D eigenvalue weighted by atomic mass is 32.2. The highest BCUT2D eigenvalue weighted by molar-refractivity contribution is 8.00. The fourth-order valence-corrected chi connectivity index (χ4v) is 3.37. The smallest absolute Gasteiger partial charge is 0.415 e. The summed E-state index contributed by atoms with van der Waals surface area (Å²) in [6.07, 6.45) is -0.916. The van der Waals surface area contributed by atoms with Crippen LogP contribution in [-0.4, -0.2) is 53.6 Å². The fourth-order valence-electron chi connectivity index (χ4n) is 2.61. The summed E-state index contributed by atoms with van der Waals surface area (Å²) in [6, 6.07) is 3.55. The third-order valence-corrected chi connectivity index (χ3v) is 4.79. The molecule has 146 valence electrons. The van der Waals surface area contributed by atoms with Crippen LogP contribution in [0.3, 0.4) is 0 Å². The first-order valence-corrected chi connectivity index (χ1v) is 9.58. The maximum absolute atomic E-state index is 12.2. The molecule has 9 nitrogen and oxygen atoms in total. The van der Waals surface area contributed by atoms with Crippen LogP contribution < -0.4 is 15.5 Å². The summed E-state index contributed by atoms with van der Waals surface area (Å²) >= 11 is 1.41. The molecule has 1 atom stereocenters. The van der Waals surface area contributed by atoms with Gasteiger partial charge in [0.15, 0.2) is 0 Å². The Balaban J connectivity index is 1.54. The summed E-state index contributed by atoms with van der Waals surface area (Å²) < 4.78 is 10.5. The van der Waals surface area contributed by atoms with Crippen LogP contribution >= 0.6 is 11.8 Å². The van der Waals surface area contributed by atoms with Gasteiger partial charge in [-0.05, 0) is 32.9 Å². The zero-order chi connectivity index (χ0) is 19.6. The molecule has 0 radical (unpaired) electrons. The van der Waals surface area contributed by atoms with E-state index in [0.29, 0.717) is 36.9 Å². The van der Waals surface area contributed by atoms with Gasteiger partial charge < -0.3 is 20.1 Å². The van der Waals surface area contributed by atoms with Crippen LogP contribution in [0.5, 0.6) is 0 Å². The number of nitrogens with one attached hydrogen (secondary N) is 2. The van der Waals surface area contributed by atoms with Crippen molar-refractivity contribution in [3.05, 3.63) is 12.1 Å². The van der Waals surface area contributed by atoms with Crippen LogP contribution in [0.1, 0.15) is 27.2 Å². The maximum atomic E-state index is 12.2. The number of cyclic esters (lactones) is 1. The molecule has 1 fully saturated rings. The van der Waals surface area contributed by atoms with Crippen molar-refractivity contribution < 1.29 is 23.9 Å². The Hall–Kier alpha value is -2.49. The van der Waals surface area contributed by atoms with Crippen molar-refractivity contribution in [2.75, 3.05) is 29.1 Å². The highest BCUT2D eigenvalue weighted by Crippen LogP contribution is 2.32. The lowest BCUT2D eigenvalue weighted by Crippen LogP contribution is -2.34. The molecule has 2 aliphatic rings. The first kappa shape index (κ1) is 19.3. The monoisotopic (exact) mass is 394 g/mol. The van der Waals surface area contributed by atoms with Crippen LogP contribution in [-0.2, 0) is 14.3 Å². The average molecular weight is 394 g/mol. The largest absolute Gasteiger partial charge is 0.444 e. The van der Waals surface area contributed by atoms with E-state index in [4.69, 9.17) is 9.47 Å². The standard InChI is InChI=1S/C17H22N4O5S/c1-17(2,3)26-15(23)18-7-6-10-8-21(16(24)25-10)12-5-4-11-14(19-12)20-13(22)9-27-11/h4-5,10H,6-9H2,1-3H3,(H,18,23)(H,19,20,22). The van der Waals surface area contributed by atoms with Crippen LogP contribution in [0.2, 0.25) is 0 Å². The Morgan fingerprint density at radius 3 is 2.96 bits per heavy atom. The molecule has 3 heterocycles. The lowest BCUT2D eigenvalue weighted by Gasteiger charge is -2.20. The third-order valence-electron chi connectivity index (χ3n) is 3.75. The van der Waals surface area contributed by atoms with Crippen LogP contribution in [0, 0.1) is 0 Å². The number of fused-ring (bicyclic) bond motifs is 1. The Kier molecular flexibility index (Phi) is 5.45. The molecule has 3 amide bonds. The molecule has 0 spiro atoms. The van der Waals surface area contributed by atoms with E-state index in [-0.39, 0.29) is 12.0 Å². The molecule has 2 N–H and O–H groups in total. The number of thioether (sulfide) groups is 1. The van der Waals surface area contributed by atoms with E-state index in [1.54, 1.807) is 26.8 Å². The van der Waals surface area contributed by atoms with Gasteiger partial charge in [0.2, 0.25) is 5.91 Å². The summed E-state index contributed by atoms with van der Waals surface area (Å²) in [5.41, 5.74) is -0.563. The molecule has 0 bridgehead atoms. The molecular formula is C17H22N4O5S. The quantitative estimate of drug-likeness (QED) is 0.807. The maximum Gasteiger partial charge on any atom is 0.415 e. The molecule has 27 heavy (non-hydrogen) atoms. The molecule has 3 rings (SSSR count). The van der Waals surface area contributed by atoms with Gasteiger partial charge in [0.1, 0.15) is 23.3 Å². The minimum atomic E-state index is -0.563. The molecule has 10 heteroatoms. The lowest BCUT2D eigenvalue weighted by atomic mass is 10.2. The van der Waals surface area contributed by atoms with Crippen molar-refractivity contribution in [2.24, 2.45) is 0 Å². The third kappa shape index (κ3) is 5.03. The van der Waals surface area contributed by atoms with Crippen LogP contribution in [0.15, 0.2) is 17.0 Å². The number of amides is 3. The minimum absolute atomic E-state index is 0.118. The van der Waals surface area contributed by atoms with E-state index < -0.39 is 17.8 Å². The van der Waals surface area contributed by atoms with Gasteiger partial charge in [-0.25, -0.2) is 14.6 Å². The molecule has 1 saturated heterocycles. The zero-order valence-corrected chi connectivity index (χ0v) is 16.2. The van der Waals surface area contributed by atoms with Gasteiger partial charge in [-0.3, -0.25) is 9.69 Å². The van der Waals surface area contributed by atoms with E-state index in [1.165, 1.54) is 16.7 Å². The van der Waals surface area contributed by atoms with Crippen molar-refractivity contribution in [3.8, 4) is 0 Å². The molecular weight excluding hydrogens is 372 g/mol. The summed E-state index contributed by atoms with van der Waals surface area (Å²) in [5.74, 6) is 1.11. The molecule has 0 saturated carbocycles. The first-order chi connectivity index (χ1) is 12.7. The van der Waals surface area contributed by atoms with Gasteiger partial charge in [-0.2, -0.15) is 0 Å². The number of carbonyl (C=O) groups excluding carboxylic acids is 3. The molecule has 1 aromatic rings. The number of anilines is 2. The minimum Gasteiger partial charge on any atom is -0.444 e. The van der Waals surface area contributed by atoms with Gasteiger partial charge in [-0.15, -0.1) is 11.8 Å². The molecule has 2 aliphatic heterocycles. The van der Waals surface area contributed by atoms with E-state index in [2.05, 4.69) is 15.6 Å². The van der Waals surface area contributed by atoms with Crippen molar-refractivity contribution in [1.29, 1.82) is 0 Å². The molecule has 0 aliphatic carbocycles. The summed E-state index contributed by atoms with van der Waals surface area (Å²) in [4.78, 5) is 42.0. The Morgan fingerprint density at radius 1 is 1.44 bits per heavy atom. The van der Waals surface area contributed by atoms with E-state index in [1.807, 2.05) is 6.07 Å². The van der Waals surface area contributed by atoms with Gasteiger partial charge in [-0.1, -0.05) is 0 Å². The number of aromatic nitrogens is 1. The Bertz CT molecular complexity index is 764. The topological polar surface area (TPSA) is 110 Å². The van der Waals surface area contributed by atoms with Crippen LogP contribution in [0.25, 0.3) is 0 Å². The van der Waals surface area contributed by atoms with Gasteiger partial charge in [0, 0.05) is 13.0 Å². The molecule has 1 unspecified atom stereocenters. The summed E-state index contributed by atoms with van der Waals surface area (Å²) in [7, 11) is 0. The number of rotatable bonds is 4. The summed E-state index contributed by atoms with van der Waals surface area (Å²) in [6.45, 7) is 6.01. The van der Waals surface area contributed by atoms with Gasteiger partial charge in [0.25, 0.3) is 0 Å². The Labute approximate surface area is 161 Å². The van der Waals surface area contributed by atoms with Crippen molar-refractivity contribution in [2.45, 2.75) is 43.8 Å². The fraction of sp³-hybridized carbons (Fsp3) is 0.529. The number of alkyl carbamates (subject to hydrolysis) is 1. The van der Waals surface area contributed by atoms with E-state index >= 15 is 0 Å². The van der Waals surface area contributed by atoms with Crippen molar-refractivity contribution in [1.82, 2.24) is 10.3 Å². The molecule has 0 aromatic carbocycles. The van der Waals surface area contributed by atoms with Crippen molar-refractivity contribution in [3.63, 3.8) is 0 Å². The van der Waals surface area contributed by atoms with Crippen LogP contribution in [0.4, 0.5) is 21.2 Å².